The van der Waals surface area contributed by atoms with Crippen LogP contribution in [0, 0.1) is 0 Å². The lowest BCUT2D eigenvalue weighted by Crippen LogP contribution is -1.97. The number of hydrogen-bond acceptors (Lipinski definition) is 3. The highest BCUT2D eigenvalue weighted by atomic mass is 35.5. The summed E-state index contributed by atoms with van der Waals surface area (Å²) >= 11 is 5.72. The highest BCUT2D eigenvalue weighted by Crippen LogP contribution is 2.35. The molecule has 3 nitrogen and oxygen atoms in total. The predicted molar refractivity (Wildman–Crippen MR) is 54.3 cm³/mol. The van der Waals surface area contributed by atoms with E-state index in [0.29, 0.717) is 12.2 Å². The molecule has 0 unspecified atom stereocenters. The van der Waals surface area contributed by atoms with Gasteiger partial charge in [-0.25, -0.2) is 0 Å². The quantitative estimate of drug-likeness (QED) is 0.787. The monoisotopic (exact) mass is 214 g/mol. The smallest absolute Gasteiger partial charge is 0.176 e. The zero-order chi connectivity index (χ0) is 10.7. The molecule has 0 heterocycles. The van der Waals surface area contributed by atoms with Gasteiger partial charge in [0.1, 0.15) is 0 Å². The Labute approximate surface area is 87.3 Å². The molecule has 0 radical (unpaired) electrons. The van der Waals surface area contributed by atoms with E-state index in [1.807, 2.05) is 0 Å². The van der Waals surface area contributed by atoms with Crippen molar-refractivity contribution < 1.29 is 14.6 Å². The summed E-state index contributed by atoms with van der Waals surface area (Å²) < 4.78 is 5.12. The standard InChI is InChI=1S/C10H11ClO3/c1-3-14-9-5-7(6(2)12)4-8(11)10(9)13/h4-5,13H,3H2,1-2H3. The summed E-state index contributed by atoms with van der Waals surface area (Å²) in [7, 11) is 0. The Morgan fingerprint density at radius 1 is 1.57 bits per heavy atom. The zero-order valence-electron chi connectivity index (χ0n) is 8.00. The number of ether oxygens (including phenoxy) is 1. The zero-order valence-corrected chi connectivity index (χ0v) is 8.76. The minimum absolute atomic E-state index is 0.118. The van der Waals surface area contributed by atoms with Crippen molar-refractivity contribution in [1.82, 2.24) is 0 Å². The first-order valence-electron chi connectivity index (χ1n) is 4.22. The molecule has 4 heteroatoms. The molecular formula is C10H11ClO3. The molecule has 1 N–H and O–H groups in total. The Morgan fingerprint density at radius 2 is 2.21 bits per heavy atom. The maximum atomic E-state index is 11.1. The van der Waals surface area contributed by atoms with Crippen molar-refractivity contribution in [2.24, 2.45) is 0 Å². The number of carbonyl (C=O) groups excluding carboxylic acids is 1. The van der Waals surface area contributed by atoms with Crippen molar-refractivity contribution >= 4 is 17.4 Å². The Bertz CT molecular complexity index is 361. The summed E-state index contributed by atoms with van der Waals surface area (Å²) in [6.45, 7) is 3.62. The van der Waals surface area contributed by atoms with Crippen LogP contribution >= 0.6 is 11.6 Å². The van der Waals surface area contributed by atoms with Crippen LogP contribution in [-0.4, -0.2) is 17.5 Å². The third-order valence-electron chi connectivity index (χ3n) is 1.73. The molecule has 0 fully saturated rings. The van der Waals surface area contributed by atoms with E-state index in [9.17, 15) is 9.90 Å². The number of phenolic OH excluding ortho intramolecular Hbond substituents is 1. The number of carbonyl (C=O) groups is 1. The van der Waals surface area contributed by atoms with Gasteiger partial charge in [0.15, 0.2) is 17.3 Å². The van der Waals surface area contributed by atoms with E-state index in [2.05, 4.69) is 0 Å². The fourth-order valence-corrected chi connectivity index (χ4v) is 1.25. The summed E-state index contributed by atoms with van der Waals surface area (Å²) in [6.07, 6.45) is 0. The van der Waals surface area contributed by atoms with Crippen LogP contribution in [0.3, 0.4) is 0 Å². The number of benzene rings is 1. The van der Waals surface area contributed by atoms with Crippen molar-refractivity contribution in [3.05, 3.63) is 22.7 Å². The number of ketones is 1. The number of halogens is 1. The Balaban J connectivity index is 3.20. The van der Waals surface area contributed by atoms with E-state index in [0.717, 1.165) is 0 Å². The lowest BCUT2D eigenvalue weighted by atomic mass is 10.1. The normalized spacial score (nSPS) is 9.93. The lowest BCUT2D eigenvalue weighted by Gasteiger charge is -2.08. The third-order valence-corrected chi connectivity index (χ3v) is 2.02. The van der Waals surface area contributed by atoms with Gasteiger partial charge in [-0.05, 0) is 26.0 Å². The first-order chi connectivity index (χ1) is 6.56. The predicted octanol–water partition coefficient (Wildman–Crippen LogP) is 2.65. The van der Waals surface area contributed by atoms with Crippen LogP contribution < -0.4 is 4.74 Å². The molecule has 14 heavy (non-hydrogen) atoms. The second kappa shape index (κ2) is 4.33. The van der Waals surface area contributed by atoms with Crippen LogP contribution in [0.4, 0.5) is 0 Å². The fourth-order valence-electron chi connectivity index (χ4n) is 1.04. The molecule has 0 atom stereocenters. The van der Waals surface area contributed by atoms with Gasteiger partial charge in [0.2, 0.25) is 0 Å². The summed E-state index contributed by atoms with van der Waals surface area (Å²) in [5.74, 6) is -0.00318. The molecule has 1 rings (SSSR count). The van der Waals surface area contributed by atoms with Gasteiger partial charge >= 0.3 is 0 Å². The van der Waals surface area contributed by atoms with Gasteiger partial charge in [0.25, 0.3) is 0 Å². The van der Waals surface area contributed by atoms with Gasteiger partial charge in [-0.15, -0.1) is 0 Å². The van der Waals surface area contributed by atoms with Crippen molar-refractivity contribution in [3.8, 4) is 11.5 Å². The van der Waals surface area contributed by atoms with Crippen LogP contribution in [-0.2, 0) is 0 Å². The third kappa shape index (κ3) is 2.17. The lowest BCUT2D eigenvalue weighted by molar-refractivity contribution is 0.101. The molecule has 0 aliphatic rings. The molecule has 0 aromatic heterocycles. The summed E-state index contributed by atoms with van der Waals surface area (Å²) in [6, 6.07) is 2.90. The van der Waals surface area contributed by atoms with E-state index in [1.54, 1.807) is 6.92 Å². The molecule has 0 spiro atoms. The number of Topliss-reactive ketones (excluding diaryl/α,β-unsaturated/α-hetero) is 1. The van der Waals surface area contributed by atoms with E-state index >= 15 is 0 Å². The highest BCUT2D eigenvalue weighted by molar-refractivity contribution is 6.32. The first-order valence-corrected chi connectivity index (χ1v) is 4.60. The average Bonchev–Trinajstić information content (AvgIpc) is 2.12. The summed E-state index contributed by atoms with van der Waals surface area (Å²) in [5, 5.41) is 9.59. The molecule has 0 aliphatic heterocycles. The van der Waals surface area contributed by atoms with Crippen molar-refractivity contribution in [2.75, 3.05) is 6.61 Å². The second-order valence-corrected chi connectivity index (χ2v) is 3.20. The van der Waals surface area contributed by atoms with Gasteiger partial charge in [-0.1, -0.05) is 11.6 Å². The Kier molecular flexibility index (Phi) is 3.36. The largest absolute Gasteiger partial charge is 0.503 e. The van der Waals surface area contributed by atoms with Crippen LogP contribution in [0.15, 0.2) is 12.1 Å². The minimum Gasteiger partial charge on any atom is -0.503 e. The maximum Gasteiger partial charge on any atom is 0.176 e. The number of phenols is 1. The van der Waals surface area contributed by atoms with Gasteiger partial charge in [0, 0.05) is 5.56 Å². The molecule has 0 aliphatic carbocycles. The topological polar surface area (TPSA) is 46.5 Å². The van der Waals surface area contributed by atoms with Gasteiger partial charge in [-0.3, -0.25) is 4.79 Å². The van der Waals surface area contributed by atoms with Crippen LogP contribution in [0.1, 0.15) is 24.2 Å². The van der Waals surface area contributed by atoms with Gasteiger partial charge in [-0.2, -0.15) is 0 Å². The van der Waals surface area contributed by atoms with Crippen molar-refractivity contribution in [2.45, 2.75) is 13.8 Å². The summed E-state index contributed by atoms with van der Waals surface area (Å²) in [4.78, 5) is 11.1. The van der Waals surface area contributed by atoms with Gasteiger partial charge in [0.05, 0.1) is 11.6 Å². The highest BCUT2D eigenvalue weighted by Gasteiger charge is 2.11. The molecule has 0 saturated carbocycles. The maximum absolute atomic E-state index is 11.1. The molecule has 0 amide bonds. The van der Waals surface area contributed by atoms with Crippen molar-refractivity contribution in [3.63, 3.8) is 0 Å². The van der Waals surface area contributed by atoms with E-state index < -0.39 is 0 Å². The van der Waals surface area contributed by atoms with E-state index in [4.69, 9.17) is 16.3 Å². The molecule has 0 bridgehead atoms. The second-order valence-electron chi connectivity index (χ2n) is 2.79. The molecular weight excluding hydrogens is 204 g/mol. The van der Waals surface area contributed by atoms with Gasteiger partial charge < -0.3 is 9.84 Å². The van der Waals surface area contributed by atoms with Crippen LogP contribution in [0.25, 0.3) is 0 Å². The Morgan fingerprint density at radius 3 is 2.71 bits per heavy atom. The number of rotatable bonds is 3. The van der Waals surface area contributed by atoms with Crippen molar-refractivity contribution in [1.29, 1.82) is 0 Å². The van der Waals surface area contributed by atoms with Crippen LogP contribution in [0.5, 0.6) is 11.5 Å². The average molecular weight is 215 g/mol. The molecule has 0 saturated heterocycles. The molecule has 76 valence electrons. The number of hydrogen-bond donors (Lipinski definition) is 1. The number of aromatic hydroxyl groups is 1. The Hall–Kier alpha value is -1.22. The van der Waals surface area contributed by atoms with E-state index in [1.165, 1.54) is 19.1 Å². The van der Waals surface area contributed by atoms with Crippen LogP contribution in [0.2, 0.25) is 5.02 Å². The molecule has 1 aromatic carbocycles. The fraction of sp³-hybridized carbons (Fsp3) is 0.300. The minimum atomic E-state index is -0.126. The first kappa shape index (κ1) is 10.9. The summed E-state index contributed by atoms with van der Waals surface area (Å²) in [5.41, 5.74) is 0.427. The SMILES string of the molecule is CCOc1cc(C(C)=O)cc(Cl)c1O. The van der Waals surface area contributed by atoms with E-state index in [-0.39, 0.29) is 22.3 Å². The molecule has 1 aromatic rings.